The summed E-state index contributed by atoms with van der Waals surface area (Å²) in [5.74, 6) is 2.52. The summed E-state index contributed by atoms with van der Waals surface area (Å²) in [5.41, 5.74) is 3.13. The molecule has 1 amide bonds. The van der Waals surface area contributed by atoms with E-state index in [0.29, 0.717) is 19.6 Å². The first kappa shape index (κ1) is 16.2. The second-order valence-electron chi connectivity index (χ2n) is 5.82. The van der Waals surface area contributed by atoms with Crippen LogP contribution in [0.1, 0.15) is 35.5 Å². The second-order valence-corrected chi connectivity index (χ2v) is 5.82. The smallest absolute Gasteiger partial charge is 0.219 e. The maximum atomic E-state index is 11.3. The predicted octanol–water partition coefficient (Wildman–Crippen LogP) is 2.21. The summed E-state index contributed by atoms with van der Waals surface area (Å²) < 4.78 is 5.89. The lowest BCUT2D eigenvalue weighted by atomic mass is 10.0. The lowest BCUT2D eigenvalue weighted by Crippen LogP contribution is -2.19. The van der Waals surface area contributed by atoms with E-state index in [9.17, 15) is 4.79 Å². The summed E-state index contributed by atoms with van der Waals surface area (Å²) in [7, 11) is 1.65. The van der Waals surface area contributed by atoms with Crippen molar-refractivity contribution in [1.29, 1.82) is 0 Å². The van der Waals surface area contributed by atoms with Crippen LogP contribution in [0.25, 0.3) is 0 Å². The average Bonchev–Trinajstić information content (AvgIpc) is 2.77. The Balaban J connectivity index is 1.79. The van der Waals surface area contributed by atoms with E-state index in [1.54, 1.807) is 7.05 Å². The number of fused-ring (bicyclic) bond motifs is 2. The summed E-state index contributed by atoms with van der Waals surface area (Å²) in [5, 5.41) is 6.00. The minimum absolute atomic E-state index is 0.0526. The van der Waals surface area contributed by atoms with E-state index in [4.69, 9.17) is 4.74 Å². The molecule has 0 spiro atoms. The first-order chi connectivity index (χ1) is 11.7. The third kappa shape index (κ3) is 3.64. The molecule has 0 radical (unpaired) electrons. The number of nitrogens with one attached hydrogen (secondary N) is 2. The molecular weight excluding hydrogens is 304 g/mol. The molecule has 0 bridgehead atoms. The van der Waals surface area contributed by atoms with Gasteiger partial charge in [-0.05, 0) is 25.0 Å². The van der Waals surface area contributed by atoms with Crippen molar-refractivity contribution >= 4 is 11.7 Å². The van der Waals surface area contributed by atoms with Crippen molar-refractivity contribution in [2.24, 2.45) is 0 Å². The van der Waals surface area contributed by atoms with Gasteiger partial charge in [0, 0.05) is 32.0 Å². The van der Waals surface area contributed by atoms with Gasteiger partial charge in [0.1, 0.15) is 24.0 Å². The number of carbonyl (C=O) groups excluding carboxylic acids is 1. The minimum Gasteiger partial charge on any atom is -0.487 e. The number of para-hydroxylation sites is 1. The van der Waals surface area contributed by atoms with Gasteiger partial charge < -0.3 is 15.4 Å². The fourth-order valence-corrected chi connectivity index (χ4v) is 2.81. The molecule has 6 nitrogen and oxygen atoms in total. The van der Waals surface area contributed by atoms with Gasteiger partial charge in [-0.3, -0.25) is 4.79 Å². The molecule has 0 atom stereocenters. The number of carbonyl (C=O) groups is 1. The highest BCUT2D eigenvalue weighted by Gasteiger charge is 2.19. The maximum absolute atomic E-state index is 11.3. The lowest BCUT2D eigenvalue weighted by Gasteiger charge is -2.13. The predicted molar refractivity (Wildman–Crippen MR) is 92.1 cm³/mol. The van der Waals surface area contributed by atoms with E-state index < -0.39 is 0 Å². The van der Waals surface area contributed by atoms with Crippen LogP contribution in [0.2, 0.25) is 0 Å². The van der Waals surface area contributed by atoms with Crippen LogP contribution >= 0.6 is 0 Å². The second kappa shape index (κ2) is 7.29. The van der Waals surface area contributed by atoms with E-state index in [1.807, 2.05) is 25.1 Å². The number of ether oxygens (including phenoxy) is 1. The van der Waals surface area contributed by atoms with Crippen LogP contribution in [-0.2, 0) is 17.8 Å². The Morgan fingerprint density at radius 3 is 2.96 bits per heavy atom. The van der Waals surface area contributed by atoms with Crippen LogP contribution < -0.4 is 15.4 Å². The van der Waals surface area contributed by atoms with E-state index in [-0.39, 0.29) is 5.91 Å². The zero-order valence-electron chi connectivity index (χ0n) is 14.1. The topological polar surface area (TPSA) is 76.1 Å². The van der Waals surface area contributed by atoms with Crippen LogP contribution in [-0.4, -0.2) is 29.5 Å². The van der Waals surface area contributed by atoms with Gasteiger partial charge >= 0.3 is 0 Å². The average molecular weight is 326 g/mol. The SMILES string of the molecule is CNC(=O)CCCNc1nc(C)nc2c1Cc1ccccc1OC2. The number of hydrogen-bond donors (Lipinski definition) is 2. The summed E-state index contributed by atoms with van der Waals surface area (Å²) in [6, 6.07) is 8.04. The van der Waals surface area contributed by atoms with Crippen LogP contribution in [0.3, 0.4) is 0 Å². The summed E-state index contributed by atoms with van der Waals surface area (Å²) in [6.45, 7) is 3.02. The molecule has 2 N–H and O–H groups in total. The number of hydrogen-bond acceptors (Lipinski definition) is 5. The Bertz CT molecular complexity index is 746. The Morgan fingerprint density at radius 1 is 1.29 bits per heavy atom. The number of aromatic nitrogens is 2. The van der Waals surface area contributed by atoms with Crippen LogP contribution in [0.4, 0.5) is 5.82 Å². The van der Waals surface area contributed by atoms with E-state index in [1.165, 1.54) is 0 Å². The zero-order chi connectivity index (χ0) is 16.9. The molecule has 126 valence electrons. The fourth-order valence-electron chi connectivity index (χ4n) is 2.81. The summed E-state index contributed by atoms with van der Waals surface area (Å²) in [6.07, 6.45) is 2.00. The molecule has 6 heteroatoms. The van der Waals surface area contributed by atoms with E-state index in [0.717, 1.165) is 47.1 Å². The summed E-state index contributed by atoms with van der Waals surface area (Å²) >= 11 is 0. The van der Waals surface area contributed by atoms with Crippen molar-refractivity contribution in [3.05, 3.63) is 46.9 Å². The van der Waals surface area contributed by atoms with E-state index >= 15 is 0 Å². The highest BCUT2D eigenvalue weighted by atomic mass is 16.5. The first-order valence-electron chi connectivity index (χ1n) is 8.19. The first-order valence-corrected chi connectivity index (χ1v) is 8.19. The molecule has 24 heavy (non-hydrogen) atoms. The van der Waals surface area contributed by atoms with Gasteiger partial charge in [0.2, 0.25) is 5.91 Å². The van der Waals surface area contributed by atoms with Crippen LogP contribution in [0, 0.1) is 6.92 Å². The molecule has 0 unspecified atom stereocenters. The van der Waals surface area contributed by atoms with Crippen molar-refractivity contribution < 1.29 is 9.53 Å². The van der Waals surface area contributed by atoms with Gasteiger partial charge in [-0.2, -0.15) is 0 Å². The molecule has 1 aromatic carbocycles. The molecule has 0 saturated carbocycles. The summed E-state index contributed by atoms with van der Waals surface area (Å²) in [4.78, 5) is 20.4. The van der Waals surface area contributed by atoms with Crippen LogP contribution in [0.5, 0.6) is 5.75 Å². The third-order valence-electron chi connectivity index (χ3n) is 4.06. The molecule has 0 fully saturated rings. The molecule has 0 saturated heterocycles. The number of anilines is 1. The molecule has 1 aliphatic heterocycles. The van der Waals surface area contributed by atoms with Crippen molar-refractivity contribution in [1.82, 2.24) is 15.3 Å². The Hall–Kier alpha value is -2.63. The molecule has 1 aliphatic rings. The maximum Gasteiger partial charge on any atom is 0.219 e. The number of amides is 1. The number of nitrogens with zero attached hydrogens (tertiary/aromatic N) is 2. The highest BCUT2D eigenvalue weighted by Crippen LogP contribution is 2.30. The standard InChI is InChI=1S/C18H22N4O2/c1-12-21-15-11-24-16-7-4-3-6-13(16)10-14(15)18(22-12)20-9-5-8-17(23)19-2/h3-4,6-7H,5,8-11H2,1-2H3,(H,19,23)(H,20,21,22). The molecule has 2 heterocycles. The fraction of sp³-hybridized carbons (Fsp3) is 0.389. The quantitative estimate of drug-likeness (QED) is 0.824. The molecular formula is C18H22N4O2. The van der Waals surface area contributed by atoms with Crippen molar-refractivity contribution in [2.75, 3.05) is 18.9 Å². The van der Waals surface area contributed by atoms with Gasteiger partial charge in [0.05, 0.1) is 5.69 Å². The van der Waals surface area contributed by atoms with Gasteiger partial charge in [-0.15, -0.1) is 0 Å². The van der Waals surface area contributed by atoms with Crippen LogP contribution in [0.15, 0.2) is 24.3 Å². The zero-order valence-corrected chi connectivity index (χ0v) is 14.1. The Kier molecular flexibility index (Phi) is 4.93. The molecule has 1 aromatic heterocycles. The van der Waals surface area contributed by atoms with Crippen molar-refractivity contribution in [2.45, 2.75) is 32.8 Å². The molecule has 0 aliphatic carbocycles. The molecule has 3 rings (SSSR count). The van der Waals surface area contributed by atoms with Gasteiger partial charge in [0.25, 0.3) is 0 Å². The monoisotopic (exact) mass is 326 g/mol. The van der Waals surface area contributed by atoms with E-state index in [2.05, 4.69) is 26.7 Å². The van der Waals surface area contributed by atoms with Crippen molar-refractivity contribution in [3.63, 3.8) is 0 Å². The largest absolute Gasteiger partial charge is 0.487 e. The Labute approximate surface area is 141 Å². The van der Waals surface area contributed by atoms with Gasteiger partial charge in [-0.25, -0.2) is 9.97 Å². The number of aryl methyl sites for hydroxylation is 1. The van der Waals surface area contributed by atoms with Crippen molar-refractivity contribution in [3.8, 4) is 5.75 Å². The lowest BCUT2D eigenvalue weighted by molar-refractivity contribution is -0.120. The normalized spacial score (nSPS) is 12.4. The van der Waals surface area contributed by atoms with Gasteiger partial charge in [-0.1, -0.05) is 18.2 Å². The minimum atomic E-state index is 0.0526. The highest BCUT2D eigenvalue weighted by molar-refractivity contribution is 5.75. The van der Waals surface area contributed by atoms with Gasteiger partial charge in [0.15, 0.2) is 0 Å². The Morgan fingerprint density at radius 2 is 2.12 bits per heavy atom. The number of benzene rings is 1. The third-order valence-corrected chi connectivity index (χ3v) is 4.06. The molecule has 2 aromatic rings. The number of rotatable bonds is 5.